The van der Waals surface area contributed by atoms with Crippen LogP contribution >= 0.6 is 53.8 Å². The van der Waals surface area contributed by atoms with Gasteiger partial charge in [-0.1, -0.05) is 54.6 Å². The molecule has 3 aromatic rings. The Balaban J connectivity index is 0.00000176. The first-order chi connectivity index (χ1) is 10.4. The topological polar surface area (TPSA) is 0 Å². The van der Waals surface area contributed by atoms with Crippen molar-refractivity contribution in [2.24, 2.45) is 0 Å². The third-order valence-corrected chi connectivity index (χ3v) is 10.7. The van der Waals surface area contributed by atoms with Crippen molar-refractivity contribution in [3.05, 3.63) is 91.0 Å². The molecule has 0 saturated carbocycles. The van der Waals surface area contributed by atoms with Gasteiger partial charge in [-0.05, 0) is 59.0 Å². The molecule has 112 valence electrons. The van der Waals surface area contributed by atoms with Crippen LogP contribution in [0.4, 0.5) is 0 Å². The highest BCUT2D eigenvalue weighted by molar-refractivity contribution is 14.1. The molecular weight excluding hydrogens is 513 g/mol. The van der Waals surface area contributed by atoms with Crippen molar-refractivity contribution in [1.29, 1.82) is 0 Å². The van der Waals surface area contributed by atoms with Gasteiger partial charge in [0.2, 0.25) is 0 Å². The van der Waals surface area contributed by atoms with Gasteiger partial charge in [0.15, 0.2) is 0 Å². The van der Waals surface area contributed by atoms with Crippen molar-refractivity contribution in [3.8, 4) is 0 Å². The van der Waals surface area contributed by atoms with Crippen molar-refractivity contribution >= 4 is 69.7 Å². The molecule has 3 heteroatoms. The van der Waals surface area contributed by atoms with Gasteiger partial charge in [0.25, 0.3) is 0 Å². The summed E-state index contributed by atoms with van der Waals surface area (Å²) in [4.78, 5) is 0. The number of benzene rings is 3. The van der Waals surface area contributed by atoms with Gasteiger partial charge in [-0.3, -0.25) is 0 Å². The zero-order valence-electron chi connectivity index (χ0n) is 12.1. The third-order valence-electron chi connectivity index (χ3n) is 3.77. The molecule has 0 N–H and O–H groups in total. The first-order valence-corrected chi connectivity index (χ1v) is 10.5. The van der Waals surface area contributed by atoms with Crippen LogP contribution in [0.3, 0.4) is 0 Å². The van der Waals surface area contributed by atoms with E-state index in [9.17, 15) is 0 Å². The normalized spacial score (nSPS) is 10.8. The SMILES string of the molecule is I.IC[P+](c1ccccc1)(c1ccccc1)c1ccccc1. The van der Waals surface area contributed by atoms with E-state index < -0.39 is 7.26 Å². The minimum Gasteiger partial charge on any atom is -0.107 e. The molecule has 0 saturated heterocycles. The number of halogens is 2. The van der Waals surface area contributed by atoms with Gasteiger partial charge in [0, 0.05) is 0 Å². The van der Waals surface area contributed by atoms with Crippen LogP contribution in [0, 0.1) is 0 Å². The summed E-state index contributed by atoms with van der Waals surface area (Å²) in [5, 5.41) is 4.37. The molecule has 0 heterocycles. The highest BCUT2D eigenvalue weighted by Crippen LogP contribution is 2.56. The van der Waals surface area contributed by atoms with Gasteiger partial charge < -0.3 is 0 Å². The van der Waals surface area contributed by atoms with E-state index in [1.54, 1.807) is 0 Å². The summed E-state index contributed by atoms with van der Waals surface area (Å²) >= 11 is 2.56. The zero-order valence-corrected chi connectivity index (χ0v) is 17.5. The van der Waals surface area contributed by atoms with Gasteiger partial charge in [-0.2, -0.15) is 0 Å². The number of rotatable bonds is 4. The molecule has 0 radical (unpaired) electrons. The first-order valence-electron chi connectivity index (χ1n) is 6.99. The predicted molar refractivity (Wildman–Crippen MR) is 119 cm³/mol. The van der Waals surface area contributed by atoms with E-state index in [4.69, 9.17) is 0 Å². The Morgan fingerprint density at radius 2 is 0.818 bits per heavy atom. The molecule has 0 nitrogen and oxygen atoms in total. The maximum absolute atomic E-state index is 2.56. The monoisotopic (exact) mass is 531 g/mol. The Hall–Kier alpha value is -0.450. The molecule has 0 aliphatic heterocycles. The molecule has 0 aliphatic rings. The summed E-state index contributed by atoms with van der Waals surface area (Å²) in [6.45, 7) is 0. The van der Waals surface area contributed by atoms with Gasteiger partial charge in [-0.15, -0.1) is 24.0 Å². The van der Waals surface area contributed by atoms with Gasteiger partial charge in [-0.25, -0.2) is 0 Å². The van der Waals surface area contributed by atoms with Crippen LogP contribution in [0.5, 0.6) is 0 Å². The summed E-state index contributed by atoms with van der Waals surface area (Å²) in [7, 11) is -1.55. The van der Waals surface area contributed by atoms with E-state index in [1.807, 2.05) is 0 Å². The fourth-order valence-corrected chi connectivity index (χ4v) is 9.60. The van der Waals surface area contributed by atoms with E-state index in [-0.39, 0.29) is 24.0 Å². The Morgan fingerprint density at radius 1 is 0.545 bits per heavy atom. The van der Waals surface area contributed by atoms with Gasteiger partial charge >= 0.3 is 0 Å². The maximum Gasteiger partial charge on any atom is 0.124 e. The zero-order chi connectivity index (χ0) is 14.5. The summed E-state index contributed by atoms with van der Waals surface area (Å²) in [5.74, 6) is 0. The molecule has 0 fully saturated rings. The average molecular weight is 531 g/mol. The fourth-order valence-electron chi connectivity index (χ4n) is 2.70. The summed E-state index contributed by atoms with van der Waals surface area (Å²) in [5.41, 5.74) is 0. The Morgan fingerprint density at radius 3 is 1.05 bits per heavy atom. The quantitative estimate of drug-likeness (QED) is 0.253. The van der Waals surface area contributed by atoms with Crippen LogP contribution < -0.4 is 15.9 Å². The summed E-state index contributed by atoms with van der Waals surface area (Å²) in [6, 6.07) is 32.9. The van der Waals surface area contributed by atoms with Crippen LogP contribution in [0.25, 0.3) is 0 Å². The van der Waals surface area contributed by atoms with E-state index in [2.05, 4.69) is 114 Å². The predicted octanol–water partition coefficient (Wildman–Crippen LogP) is 4.99. The number of alkyl halides is 1. The van der Waals surface area contributed by atoms with E-state index in [0.29, 0.717) is 0 Å². The lowest BCUT2D eigenvalue weighted by molar-refractivity contribution is 1.71. The Kier molecular flexibility index (Phi) is 6.85. The Labute approximate surface area is 163 Å². The second-order valence-electron chi connectivity index (χ2n) is 4.94. The van der Waals surface area contributed by atoms with Crippen molar-refractivity contribution < 1.29 is 0 Å². The van der Waals surface area contributed by atoms with Crippen molar-refractivity contribution in [2.75, 3.05) is 4.17 Å². The molecule has 0 aliphatic carbocycles. The largest absolute Gasteiger partial charge is 0.124 e. The van der Waals surface area contributed by atoms with Gasteiger partial charge in [0.05, 0.1) is 0 Å². The summed E-state index contributed by atoms with van der Waals surface area (Å²) < 4.78 is 1.11. The average Bonchev–Trinajstić information content (AvgIpc) is 2.59. The number of hydrogen-bond acceptors (Lipinski definition) is 0. The lowest BCUT2D eigenvalue weighted by Gasteiger charge is -2.25. The van der Waals surface area contributed by atoms with Crippen molar-refractivity contribution in [1.82, 2.24) is 0 Å². The second-order valence-corrected chi connectivity index (χ2v) is 10.4. The standard InChI is InChI=1S/C19H17IP.HI/c20-16-21(17-10-4-1-5-11-17,18-12-6-2-7-13-18)19-14-8-3-9-15-19;/h1-15H,16H2;1H/q+1;. The maximum atomic E-state index is 2.56. The highest BCUT2D eigenvalue weighted by atomic mass is 127. The van der Waals surface area contributed by atoms with Crippen LogP contribution in [0.1, 0.15) is 0 Å². The molecule has 0 aromatic heterocycles. The molecule has 22 heavy (non-hydrogen) atoms. The minimum absolute atomic E-state index is 0. The molecular formula is C19H18I2P+. The van der Waals surface area contributed by atoms with Crippen LogP contribution in [0.2, 0.25) is 0 Å². The lowest BCUT2D eigenvalue weighted by Crippen LogP contribution is -2.31. The summed E-state index contributed by atoms with van der Waals surface area (Å²) in [6.07, 6.45) is 0. The van der Waals surface area contributed by atoms with Crippen LogP contribution in [-0.4, -0.2) is 4.17 Å². The highest BCUT2D eigenvalue weighted by Gasteiger charge is 2.43. The first kappa shape index (κ1) is 17.9. The van der Waals surface area contributed by atoms with Crippen molar-refractivity contribution in [3.63, 3.8) is 0 Å². The molecule has 0 bridgehead atoms. The molecule has 0 atom stereocenters. The third kappa shape index (κ3) is 3.39. The lowest BCUT2D eigenvalue weighted by atomic mass is 10.4. The molecule has 0 spiro atoms. The van der Waals surface area contributed by atoms with E-state index >= 15 is 0 Å². The van der Waals surface area contributed by atoms with Crippen LogP contribution in [0.15, 0.2) is 91.0 Å². The van der Waals surface area contributed by atoms with E-state index in [0.717, 1.165) is 4.17 Å². The molecule has 0 amide bonds. The van der Waals surface area contributed by atoms with Crippen molar-refractivity contribution in [2.45, 2.75) is 0 Å². The number of hydrogen-bond donors (Lipinski definition) is 0. The second kappa shape index (κ2) is 8.42. The minimum atomic E-state index is -1.55. The van der Waals surface area contributed by atoms with E-state index in [1.165, 1.54) is 15.9 Å². The smallest absolute Gasteiger partial charge is 0.107 e. The van der Waals surface area contributed by atoms with Crippen LogP contribution in [-0.2, 0) is 0 Å². The Bertz CT molecular complexity index is 588. The molecule has 3 aromatic carbocycles. The van der Waals surface area contributed by atoms with Gasteiger partial charge in [0.1, 0.15) is 27.3 Å². The molecule has 0 unspecified atom stereocenters. The molecule has 3 rings (SSSR count). The fraction of sp³-hybridized carbons (Fsp3) is 0.0526.